The Balaban J connectivity index is 2.70. The van der Waals surface area contributed by atoms with Gasteiger partial charge in [-0.15, -0.1) is 0 Å². The van der Waals surface area contributed by atoms with Gasteiger partial charge in [0.2, 0.25) is 0 Å². The Labute approximate surface area is 72.6 Å². The molecule has 0 aliphatic rings. The number of aromatic nitrogens is 1. The summed E-state index contributed by atoms with van der Waals surface area (Å²) >= 11 is 0. The molecule has 1 aromatic rings. The Morgan fingerprint density at radius 3 is 2.83 bits per heavy atom. The first kappa shape index (κ1) is 8.91. The van der Waals surface area contributed by atoms with E-state index in [1.807, 2.05) is 26.0 Å². The van der Waals surface area contributed by atoms with E-state index in [9.17, 15) is 4.79 Å². The fourth-order valence-electron chi connectivity index (χ4n) is 1.07. The quantitative estimate of drug-likeness (QED) is 0.636. The maximum Gasteiger partial charge on any atom is 0.125 e. The smallest absolute Gasteiger partial charge is 0.125 e. The van der Waals surface area contributed by atoms with Crippen LogP contribution in [0, 0.1) is 5.41 Å². The highest BCUT2D eigenvalue weighted by atomic mass is 16.1. The Bertz CT molecular complexity index is 254. The molecule has 0 spiro atoms. The van der Waals surface area contributed by atoms with E-state index in [1.165, 1.54) is 0 Å². The van der Waals surface area contributed by atoms with Gasteiger partial charge in [-0.3, -0.25) is 4.98 Å². The molecule has 0 unspecified atom stereocenters. The highest BCUT2D eigenvalue weighted by Crippen LogP contribution is 2.17. The molecule has 0 N–H and O–H groups in total. The summed E-state index contributed by atoms with van der Waals surface area (Å²) in [6, 6.07) is 3.87. The molecule has 1 heterocycles. The second-order valence-electron chi connectivity index (χ2n) is 3.64. The van der Waals surface area contributed by atoms with Crippen LogP contribution < -0.4 is 0 Å². The minimum absolute atomic E-state index is 0.275. The lowest BCUT2D eigenvalue weighted by molar-refractivity contribution is -0.114. The van der Waals surface area contributed by atoms with Crippen LogP contribution in [0.5, 0.6) is 0 Å². The van der Waals surface area contributed by atoms with Crippen molar-refractivity contribution in [2.75, 3.05) is 0 Å². The van der Waals surface area contributed by atoms with Gasteiger partial charge in [-0.25, -0.2) is 0 Å². The monoisotopic (exact) mass is 163 g/mol. The lowest BCUT2D eigenvalue weighted by Crippen LogP contribution is -2.16. The van der Waals surface area contributed by atoms with Crippen LogP contribution in [0.15, 0.2) is 24.5 Å². The van der Waals surface area contributed by atoms with Crippen molar-refractivity contribution in [2.24, 2.45) is 5.41 Å². The van der Waals surface area contributed by atoms with Crippen molar-refractivity contribution in [1.29, 1.82) is 0 Å². The summed E-state index contributed by atoms with van der Waals surface area (Å²) in [7, 11) is 0. The van der Waals surface area contributed by atoms with Crippen molar-refractivity contribution in [1.82, 2.24) is 4.98 Å². The number of aldehydes is 1. The molecule has 0 amide bonds. The van der Waals surface area contributed by atoms with Crippen LogP contribution in [0.1, 0.15) is 19.4 Å². The fraction of sp³-hybridized carbons (Fsp3) is 0.400. The second-order valence-corrected chi connectivity index (χ2v) is 3.64. The molecule has 0 fully saturated rings. The van der Waals surface area contributed by atoms with Crippen molar-refractivity contribution < 1.29 is 4.79 Å². The van der Waals surface area contributed by atoms with Gasteiger partial charge in [0.1, 0.15) is 6.29 Å². The Kier molecular flexibility index (Phi) is 2.58. The third kappa shape index (κ3) is 2.46. The van der Waals surface area contributed by atoms with Gasteiger partial charge in [-0.2, -0.15) is 0 Å². The molecule has 0 radical (unpaired) electrons. The first-order chi connectivity index (χ1) is 5.64. The molecule has 0 aromatic carbocycles. The van der Waals surface area contributed by atoms with Crippen molar-refractivity contribution >= 4 is 6.29 Å². The molecule has 64 valence electrons. The van der Waals surface area contributed by atoms with Gasteiger partial charge in [0.15, 0.2) is 0 Å². The van der Waals surface area contributed by atoms with E-state index in [2.05, 4.69) is 4.98 Å². The predicted molar refractivity (Wildman–Crippen MR) is 47.8 cm³/mol. The maximum absolute atomic E-state index is 10.6. The molecule has 1 aromatic heterocycles. The minimum atomic E-state index is -0.275. The minimum Gasteiger partial charge on any atom is -0.303 e. The van der Waals surface area contributed by atoms with Crippen molar-refractivity contribution in [2.45, 2.75) is 20.3 Å². The maximum atomic E-state index is 10.6. The Morgan fingerprint density at radius 1 is 1.58 bits per heavy atom. The Hall–Kier alpha value is -1.18. The summed E-state index contributed by atoms with van der Waals surface area (Å²) in [4.78, 5) is 14.6. The SMILES string of the molecule is CC(C)(C=O)Cc1cccnc1. The van der Waals surface area contributed by atoms with Gasteiger partial charge in [0.25, 0.3) is 0 Å². The highest BCUT2D eigenvalue weighted by Gasteiger charge is 2.16. The number of carbonyl (C=O) groups excluding carboxylic acids is 1. The van der Waals surface area contributed by atoms with Gasteiger partial charge < -0.3 is 4.79 Å². The molecule has 0 saturated heterocycles. The molecule has 12 heavy (non-hydrogen) atoms. The molecular weight excluding hydrogens is 150 g/mol. The summed E-state index contributed by atoms with van der Waals surface area (Å²) in [5.74, 6) is 0. The number of pyridine rings is 1. The molecule has 0 aliphatic carbocycles. The number of carbonyl (C=O) groups is 1. The van der Waals surface area contributed by atoms with E-state index < -0.39 is 0 Å². The lowest BCUT2D eigenvalue weighted by atomic mass is 9.88. The van der Waals surface area contributed by atoms with Crippen molar-refractivity contribution in [3.63, 3.8) is 0 Å². The first-order valence-electron chi connectivity index (χ1n) is 3.99. The second kappa shape index (κ2) is 3.48. The molecule has 2 nitrogen and oxygen atoms in total. The summed E-state index contributed by atoms with van der Waals surface area (Å²) in [6.45, 7) is 3.85. The van der Waals surface area contributed by atoms with Crippen molar-refractivity contribution in [3.05, 3.63) is 30.1 Å². The zero-order chi connectivity index (χ0) is 9.03. The fourth-order valence-corrected chi connectivity index (χ4v) is 1.07. The van der Waals surface area contributed by atoms with Crippen LogP contribution in [0.4, 0.5) is 0 Å². The molecule has 0 aliphatic heterocycles. The van der Waals surface area contributed by atoms with Gasteiger partial charge in [0, 0.05) is 17.8 Å². The van der Waals surface area contributed by atoms with Crippen LogP contribution in [-0.2, 0) is 11.2 Å². The molecule has 1 rings (SSSR count). The first-order valence-corrected chi connectivity index (χ1v) is 3.99. The van der Waals surface area contributed by atoms with Crippen LogP contribution >= 0.6 is 0 Å². The van der Waals surface area contributed by atoms with E-state index in [-0.39, 0.29) is 5.41 Å². The number of rotatable bonds is 3. The van der Waals surface area contributed by atoms with E-state index >= 15 is 0 Å². The summed E-state index contributed by atoms with van der Waals surface area (Å²) < 4.78 is 0. The van der Waals surface area contributed by atoms with E-state index in [1.54, 1.807) is 12.4 Å². The van der Waals surface area contributed by atoms with E-state index in [0.717, 1.165) is 18.3 Å². The van der Waals surface area contributed by atoms with Gasteiger partial charge in [-0.05, 0) is 18.1 Å². The topological polar surface area (TPSA) is 30.0 Å². The number of hydrogen-bond acceptors (Lipinski definition) is 2. The van der Waals surface area contributed by atoms with Gasteiger partial charge in [-0.1, -0.05) is 19.9 Å². The predicted octanol–water partition coefficient (Wildman–Crippen LogP) is 1.85. The zero-order valence-electron chi connectivity index (χ0n) is 7.45. The average Bonchev–Trinajstić information content (AvgIpc) is 2.06. The molecular formula is C10H13NO. The summed E-state index contributed by atoms with van der Waals surface area (Å²) in [6.07, 6.45) is 5.27. The number of nitrogens with zero attached hydrogens (tertiary/aromatic N) is 1. The normalized spacial score (nSPS) is 11.2. The van der Waals surface area contributed by atoms with Crippen LogP contribution in [0.3, 0.4) is 0 Å². The third-order valence-electron chi connectivity index (χ3n) is 1.70. The number of hydrogen-bond donors (Lipinski definition) is 0. The molecule has 0 atom stereocenters. The van der Waals surface area contributed by atoms with E-state index in [4.69, 9.17) is 0 Å². The van der Waals surface area contributed by atoms with Crippen LogP contribution in [0.25, 0.3) is 0 Å². The molecule has 2 heteroatoms. The largest absolute Gasteiger partial charge is 0.303 e. The van der Waals surface area contributed by atoms with E-state index in [0.29, 0.717) is 0 Å². The van der Waals surface area contributed by atoms with Crippen LogP contribution in [0.2, 0.25) is 0 Å². The van der Waals surface area contributed by atoms with Gasteiger partial charge >= 0.3 is 0 Å². The average molecular weight is 163 g/mol. The third-order valence-corrected chi connectivity index (χ3v) is 1.70. The van der Waals surface area contributed by atoms with Crippen LogP contribution in [-0.4, -0.2) is 11.3 Å². The highest BCUT2D eigenvalue weighted by molar-refractivity contribution is 5.58. The van der Waals surface area contributed by atoms with Gasteiger partial charge in [0.05, 0.1) is 0 Å². The molecule has 0 bridgehead atoms. The van der Waals surface area contributed by atoms with Crippen molar-refractivity contribution in [3.8, 4) is 0 Å². The summed E-state index contributed by atoms with van der Waals surface area (Å²) in [5.41, 5.74) is 0.831. The Morgan fingerprint density at radius 2 is 2.33 bits per heavy atom. The zero-order valence-corrected chi connectivity index (χ0v) is 7.45. The standard InChI is InChI=1S/C10H13NO/c1-10(2,8-12)6-9-4-3-5-11-7-9/h3-5,7-8H,6H2,1-2H3. The summed E-state index contributed by atoms with van der Waals surface area (Å²) in [5, 5.41) is 0. The lowest BCUT2D eigenvalue weighted by Gasteiger charge is -2.15. The molecule has 0 saturated carbocycles.